The third-order valence-corrected chi connectivity index (χ3v) is 32.4. The van der Waals surface area contributed by atoms with Crippen molar-refractivity contribution >= 4 is 15.2 Å². The van der Waals surface area contributed by atoms with Crippen LogP contribution in [-0.4, -0.2) is 15.2 Å². The van der Waals surface area contributed by atoms with Gasteiger partial charge in [-0.15, -0.1) is 0 Å². The normalized spacial score (nSPS) is 41.8. The monoisotopic (exact) mass is 432 g/mol. The maximum atomic E-state index is 2.93. The zero-order valence-corrected chi connectivity index (χ0v) is 22.8. The molecule has 8 atom stereocenters. The highest BCUT2D eigenvalue weighted by molar-refractivity contribution is 7.41. The van der Waals surface area contributed by atoms with E-state index in [9.17, 15) is 0 Å². The summed E-state index contributed by atoms with van der Waals surface area (Å²) in [5, 5.41) is 0. The summed E-state index contributed by atoms with van der Waals surface area (Å²) in [5.41, 5.74) is 2.35. The fourth-order valence-corrected chi connectivity index (χ4v) is 24.1. The average Bonchev–Trinajstić information content (AvgIpc) is 3.30. The Kier molecular flexibility index (Phi) is 6.83. The van der Waals surface area contributed by atoms with Gasteiger partial charge in [0.05, 0.1) is 0 Å². The van der Waals surface area contributed by atoms with Crippen LogP contribution in [0.25, 0.3) is 0 Å². The highest BCUT2D eigenvalue weighted by Crippen LogP contribution is 2.62. The van der Waals surface area contributed by atoms with Crippen molar-refractivity contribution in [1.29, 1.82) is 0 Å². The Balaban J connectivity index is 1.58. The van der Waals surface area contributed by atoms with Gasteiger partial charge in [-0.1, -0.05) is 111 Å². The SMILES string of the molecule is CCCC(C)C1CC([Si](C)(C)[Si](C)(C)C2CCC3CCCCC32)C2CCCCC12. The van der Waals surface area contributed by atoms with Crippen LogP contribution in [0.4, 0.5) is 0 Å². The van der Waals surface area contributed by atoms with Crippen molar-refractivity contribution in [1.82, 2.24) is 0 Å². The molecule has 0 radical (unpaired) electrons. The van der Waals surface area contributed by atoms with Gasteiger partial charge in [0.2, 0.25) is 0 Å². The van der Waals surface area contributed by atoms with E-state index in [-0.39, 0.29) is 0 Å². The molecule has 8 unspecified atom stereocenters. The smallest absolute Gasteiger partial charge is 0.0449 e. The Morgan fingerprint density at radius 1 is 0.690 bits per heavy atom. The summed E-state index contributed by atoms with van der Waals surface area (Å²) in [6, 6.07) is 0. The lowest BCUT2D eigenvalue weighted by molar-refractivity contribution is 0.180. The molecule has 4 aliphatic rings. The van der Waals surface area contributed by atoms with Crippen LogP contribution < -0.4 is 0 Å². The van der Waals surface area contributed by atoms with E-state index in [1.54, 1.807) is 70.6 Å². The number of hydrogen-bond donors (Lipinski definition) is 0. The van der Waals surface area contributed by atoms with Gasteiger partial charge in [-0.25, -0.2) is 0 Å². The Hall–Kier alpha value is 0.434. The van der Waals surface area contributed by atoms with Crippen LogP contribution >= 0.6 is 0 Å². The van der Waals surface area contributed by atoms with Gasteiger partial charge in [0, 0.05) is 15.2 Å². The third kappa shape index (κ3) is 3.89. The van der Waals surface area contributed by atoms with Crippen molar-refractivity contribution in [2.75, 3.05) is 0 Å². The van der Waals surface area contributed by atoms with Crippen molar-refractivity contribution in [3.05, 3.63) is 0 Å². The van der Waals surface area contributed by atoms with Gasteiger partial charge >= 0.3 is 0 Å². The summed E-state index contributed by atoms with van der Waals surface area (Å²) in [7, 11) is -2.41. The van der Waals surface area contributed by atoms with Gasteiger partial charge in [0.15, 0.2) is 0 Å². The zero-order valence-electron chi connectivity index (χ0n) is 20.8. The molecule has 0 bridgehead atoms. The Labute approximate surface area is 185 Å². The van der Waals surface area contributed by atoms with Crippen molar-refractivity contribution in [3.8, 4) is 0 Å². The highest BCUT2D eigenvalue weighted by atomic mass is 29.3. The van der Waals surface area contributed by atoms with Crippen LogP contribution in [0.15, 0.2) is 0 Å². The minimum Gasteiger partial charge on any atom is -0.0711 e. The second-order valence-electron chi connectivity index (χ2n) is 13.2. The maximum Gasteiger partial charge on any atom is 0.0449 e. The minimum atomic E-state index is -1.22. The number of hydrogen-bond acceptors (Lipinski definition) is 0. The van der Waals surface area contributed by atoms with Crippen LogP contribution in [-0.2, 0) is 0 Å². The first-order valence-corrected chi connectivity index (χ1v) is 20.9. The molecule has 0 heterocycles. The van der Waals surface area contributed by atoms with Gasteiger partial charge in [0.25, 0.3) is 0 Å². The van der Waals surface area contributed by atoms with Gasteiger partial charge in [-0.3, -0.25) is 0 Å². The summed E-state index contributed by atoms with van der Waals surface area (Å²) in [6.45, 7) is 16.7. The molecular formula is C27H52Si2. The summed E-state index contributed by atoms with van der Waals surface area (Å²) < 4.78 is 0. The summed E-state index contributed by atoms with van der Waals surface area (Å²) in [6.07, 6.45) is 20.3. The molecule has 0 amide bonds. The molecule has 0 saturated heterocycles. The molecule has 29 heavy (non-hydrogen) atoms. The van der Waals surface area contributed by atoms with Gasteiger partial charge < -0.3 is 0 Å². The molecule has 4 aliphatic carbocycles. The van der Waals surface area contributed by atoms with Crippen molar-refractivity contribution < 1.29 is 0 Å². The van der Waals surface area contributed by atoms with Crippen LogP contribution in [0.1, 0.15) is 97.3 Å². The van der Waals surface area contributed by atoms with Gasteiger partial charge in [-0.2, -0.15) is 0 Å². The predicted octanol–water partition coefficient (Wildman–Crippen LogP) is 9.08. The van der Waals surface area contributed by atoms with E-state index in [0.29, 0.717) is 0 Å². The molecular weight excluding hydrogens is 380 g/mol. The highest BCUT2D eigenvalue weighted by Gasteiger charge is 2.59. The lowest BCUT2D eigenvalue weighted by Crippen LogP contribution is -2.62. The van der Waals surface area contributed by atoms with Gasteiger partial charge in [0.1, 0.15) is 0 Å². The first-order chi connectivity index (χ1) is 13.8. The van der Waals surface area contributed by atoms with E-state index in [1.165, 1.54) is 23.9 Å². The fourth-order valence-electron chi connectivity index (χ4n) is 9.60. The summed E-state index contributed by atoms with van der Waals surface area (Å²) >= 11 is 0. The standard InChI is InChI=1S/C27H52Si2/c1-7-12-20(2)25-19-27(24-16-11-10-15-23(24)25)29(5,6)28(3,4)26-18-17-21-13-8-9-14-22(21)26/h20-27H,7-19H2,1-6H3. The average molecular weight is 433 g/mol. The predicted molar refractivity (Wildman–Crippen MR) is 135 cm³/mol. The lowest BCUT2D eigenvalue weighted by Gasteiger charge is -2.51. The lowest BCUT2D eigenvalue weighted by atomic mass is 9.73. The van der Waals surface area contributed by atoms with E-state index in [0.717, 1.165) is 35.5 Å². The van der Waals surface area contributed by atoms with E-state index < -0.39 is 15.2 Å². The summed E-state index contributed by atoms with van der Waals surface area (Å²) in [4.78, 5) is 0. The van der Waals surface area contributed by atoms with Crippen molar-refractivity contribution in [2.24, 2.45) is 35.5 Å². The number of fused-ring (bicyclic) bond motifs is 2. The molecule has 4 fully saturated rings. The molecule has 0 aromatic heterocycles. The first kappa shape index (κ1) is 22.6. The van der Waals surface area contributed by atoms with Crippen molar-refractivity contribution in [3.63, 3.8) is 0 Å². The van der Waals surface area contributed by atoms with Crippen LogP contribution in [0, 0.1) is 35.5 Å². The molecule has 4 rings (SSSR count). The maximum absolute atomic E-state index is 2.93. The molecule has 168 valence electrons. The summed E-state index contributed by atoms with van der Waals surface area (Å²) in [5.74, 6) is 6.58. The third-order valence-electron chi connectivity index (χ3n) is 11.8. The quantitative estimate of drug-likeness (QED) is 0.367. The molecule has 2 heteroatoms. The largest absolute Gasteiger partial charge is 0.0711 e. The Morgan fingerprint density at radius 3 is 1.97 bits per heavy atom. The van der Waals surface area contributed by atoms with E-state index in [4.69, 9.17) is 0 Å². The minimum absolute atomic E-state index is 0.986. The Morgan fingerprint density at radius 2 is 1.28 bits per heavy atom. The van der Waals surface area contributed by atoms with Gasteiger partial charge in [-0.05, 0) is 59.4 Å². The van der Waals surface area contributed by atoms with Crippen LogP contribution in [0.5, 0.6) is 0 Å². The molecule has 0 aromatic carbocycles. The zero-order chi connectivity index (χ0) is 20.8. The van der Waals surface area contributed by atoms with E-state index >= 15 is 0 Å². The number of rotatable bonds is 6. The molecule has 0 aliphatic heterocycles. The van der Waals surface area contributed by atoms with E-state index in [2.05, 4.69) is 40.0 Å². The van der Waals surface area contributed by atoms with Crippen LogP contribution in [0.2, 0.25) is 37.3 Å². The van der Waals surface area contributed by atoms with E-state index in [1.807, 2.05) is 0 Å². The van der Waals surface area contributed by atoms with Crippen LogP contribution in [0.3, 0.4) is 0 Å². The molecule has 0 aromatic rings. The Bertz CT molecular complexity index is 553. The second kappa shape index (κ2) is 8.76. The molecule has 0 N–H and O–H groups in total. The molecule has 0 nitrogen and oxygen atoms in total. The second-order valence-corrected chi connectivity index (χ2v) is 29.3. The fraction of sp³-hybridized carbons (Fsp3) is 1.00. The first-order valence-electron chi connectivity index (χ1n) is 13.8. The van der Waals surface area contributed by atoms with Crippen molar-refractivity contribution in [2.45, 2.75) is 135 Å². The topological polar surface area (TPSA) is 0 Å². The molecule has 4 saturated carbocycles. The molecule has 0 spiro atoms.